The second kappa shape index (κ2) is 9.36. The fraction of sp³-hybridized carbons (Fsp3) is 0.750. The van der Waals surface area contributed by atoms with Gasteiger partial charge in [-0.1, -0.05) is 19.1 Å². The van der Waals surface area contributed by atoms with Crippen molar-refractivity contribution in [1.82, 2.24) is 30.5 Å². The summed E-state index contributed by atoms with van der Waals surface area (Å²) < 4.78 is 1.79. The third-order valence-electron chi connectivity index (χ3n) is 4.10. The number of amides is 2. The van der Waals surface area contributed by atoms with Crippen molar-refractivity contribution in [3.8, 4) is 0 Å². The van der Waals surface area contributed by atoms with Crippen molar-refractivity contribution >= 4 is 11.8 Å². The van der Waals surface area contributed by atoms with Gasteiger partial charge in [-0.25, -0.2) is 4.68 Å². The van der Waals surface area contributed by atoms with Crippen LogP contribution in [-0.4, -0.2) is 64.4 Å². The lowest BCUT2D eigenvalue weighted by molar-refractivity contribution is -0.121. The van der Waals surface area contributed by atoms with Crippen LogP contribution in [0.4, 0.5) is 0 Å². The lowest BCUT2D eigenvalue weighted by Crippen LogP contribution is -2.41. The largest absolute Gasteiger partial charge is 0.355 e. The molecule has 2 rings (SSSR count). The first kappa shape index (κ1) is 18.4. The number of hydrogen-bond acceptors (Lipinski definition) is 5. The highest BCUT2D eigenvalue weighted by molar-refractivity contribution is 5.94. The number of carbonyl (C=O) groups is 2. The maximum absolute atomic E-state index is 12.7. The number of aromatic nitrogens is 3. The van der Waals surface area contributed by atoms with Gasteiger partial charge in [-0.05, 0) is 38.8 Å². The fourth-order valence-corrected chi connectivity index (χ4v) is 2.80. The molecule has 134 valence electrons. The molecule has 1 saturated heterocycles. The van der Waals surface area contributed by atoms with E-state index in [2.05, 4.69) is 20.9 Å². The van der Waals surface area contributed by atoms with Crippen LogP contribution in [0, 0.1) is 0 Å². The molecular weight excluding hydrogens is 308 g/mol. The zero-order chi connectivity index (χ0) is 17.4. The van der Waals surface area contributed by atoms with Gasteiger partial charge in [0.1, 0.15) is 0 Å². The lowest BCUT2D eigenvalue weighted by Gasteiger charge is -2.22. The third-order valence-corrected chi connectivity index (χ3v) is 4.10. The van der Waals surface area contributed by atoms with Crippen LogP contribution in [0.1, 0.15) is 56.1 Å². The summed E-state index contributed by atoms with van der Waals surface area (Å²) in [6.07, 6.45) is 5.34. The van der Waals surface area contributed by atoms with Crippen molar-refractivity contribution < 1.29 is 9.59 Å². The first-order valence-corrected chi connectivity index (χ1v) is 8.84. The van der Waals surface area contributed by atoms with Gasteiger partial charge in [0.15, 0.2) is 5.69 Å². The van der Waals surface area contributed by atoms with Crippen molar-refractivity contribution in [2.75, 3.05) is 32.7 Å². The molecule has 0 unspecified atom stereocenters. The van der Waals surface area contributed by atoms with Crippen LogP contribution >= 0.6 is 0 Å². The smallest absolute Gasteiger partial charge is 0.276 e. The molecule has 1 aromatic rings. The van der Waals surface area contributed by atoms with Gasteiger partial charge in [-0.3, -0.25) is 9.59 Å². The Morgan fingerprint density at radius 2 is 2.08 bits per heavy atom. The van der Waals surface area contributed by atoms with Crippen LogP contribution in [-0.2, 0) is 4.79 Å². The standard InChI is InChI=1S/C16H28N6O2/c1-3-7-18-15(23)12-21(10-4-2)16(24)14-11-22(20-19-14)13-5-8-17-9-6-13/h11,13,17H,3-10,12H2,1-2H3,(H,18,23). The highest BCUT2D eigenvalue weighted by Crippen LogP contribution is 2.17. The predicted octanol–water partition coefficient (Wildman–Crippen LogP) is 0.581. The van der Waals surface area contributed by atoms with E-state index in [1.54, 1.807) is 15.8 Å². The fourth-order valence-electron chi connectivity index (χ4n) is 2.80. The summed E-state index contributed by atoms with van der Waals surface area (Å²) in [6, 6.07) is 0.285. The van der Waals surface area contributed by atoms with Gasteiger partial charge < -0.3 is 15.5 Å². The summed E-state index contributed by atoms with van der Waals surface area (Å²) in [5.41, 5.74) is 0.310. The molecule has 8 heteroatoms. The Kier molecular flexibility index (Phi) is 7.17. The van der Waals surface area contributed by atoms with E-state index in [1.165, 1.54) is 0 Å². The number of hydrogen-bond donors (Lipinski definition) is 2. The van der Waals surface area contributed by atoms with Crippen LogP contribution in [0.25, 0.3) is 0 Å². The molecule has 1 aliphatic rings. The predicted molar refractivity (Wildman–Crippen MR) is 90.7 cm³/mol. The molecule has 0 bridgehead atoms. The van der Waals surface area contributed by atoms with E-state index < -0.39 is 0 Å². The quantitative estimate of drug-likeness (QED) is 0.724. The topological polar surface area (TPSA) is 92.2 Å². The van der Waals surface area contributed by atoms with Crippen LogP contribution in [0.3, 0.4) is 0 Å². The molecule has 8 nitrogen and oxygen atoms in total. The molecule has 0 spiro atoms. The minimum atomic E-state index is -0.233. The SMILES string of the molecule is CCCNC(=O)CN(CCC)C(=O)c1cn(C2CCNCC2)nn1. The number of rotatable bonds is 8. The van der Waals surface area contributed by atoms with E-state index in [0.717, 1.165) is 38.8 Å². The van der Waals surface area contributed by atoms with Crippen molar-refractivity contribution in [2.45, 2.75) is 45.6 Å². The van der Waals surface area contributed by atoms with Gasteiger partial charge >= 0.3 is 0 Å². The summed E-state index contributed by atoms with van der Waals surface area (Å²) in [4.78, 5) is 26.1. The van der Waals surface area contributed by atoms with E-state index >= 15 is 0 Å². The zero-order valence-electron chi connectivity index (χ0n) is 14.6. The van der Waals surface area contributed by atoms with Crippen LogP contribution in [0.15, 0.2) is 6.20 Å². The summed E-state index contributed by atoms with van der Waals surface area (Å²) in [6.45, 7) is 7.09. The van der Waals surface area contributed by atoms with E-state index in [0.29, 0.717) is 18.8 Å². The molecular formula is C16H28N6O2. The summed E-state index contributed by atoms with van der Waals surface area (Å²) in [7, 11) is 0. The average Bonchev–Trinajstić information content (AvgIpc) is 3.10. The van der Waals surface area contributed by atoms with Crippen LogP contribution in [0.2, 0.25) is 0 Å². The summed E-state index contributed by atoms with van der Waals surface area (Å²) in [5.74, 6) is -0.368. The normalized spacial score (nSPS) is 15.2. The van der Waals surface area contributed by atoms with Crippen molar-refractivity contribution in [3.05, 3.63) is 11.9 Å². The molecule has 0 aromatic carbocycles. The Balaban J connectivity index is 2.00. The number of piperidine rings is 1. The summed E-state index contributed by atoms with van der Waals surface area (Å²) in [5, 5.41) is 14.3. The number of carbonyl (C=O) groups excluding carboxylic acids is 2. The highest BCUT2D eigenvalue weighted by Gasteiger charge is 2.23. The van der Waals surface area contributed by atoms with E-state index in [1.807, 2.05) is 13.8 Å². The van der Waals surface area contributed by atoms with Crippen molar-refractivity contribution in [2.24, 2.45) is 0 Å². The Bertz CT molecular complexity index is 538. The molecule has 0 aliphatic carbocycles. The first-order chi connectivity index (χ1) is 11.7. The molecule has 24 heavy (non-hydrogen) atoms. The molecule has 0 radical (unpaired) electrons. The Hall–Kier alpha value is -1.96. The average molecular weight is 336 g/mol. The summed E-state index contributed by atoms with van der Waals surface area (Å²) >= 11 is 0. The highest BCUT2D eigenvalue weighted by atomic mass is 16.2. The van der Waals surface area contributed by atoms with E-state index in [9.17, 15) is 9.59 Å². The van der Waals surface area contributed by atoms with Gasteiger partial charge in [0.2, 0.25) is 5.91 Å². The Morgan fingerprint density at radius 3 is 2.75 bits per heavy atom. The minimum Gasteiger partial charge on any atom is -0.355 e. The first-order valence-electron chi connectivity index (χ1n) is 8.84. The van der Waals surface area contributed by atoms with E-state index in [4.69, 9.17) is 0 Å². The lowest BCUT2D eigenvalue weighted by atomic mass is 10.1. The number of nitrogens with zero attached hydrogens (tertiary/aromatic N) is 4. The Labute approximate surface area is 143 Å². The molecule has 1 aromatic heterocycles. The van der Waals surface area contributed by atoms with Gasteiger partial charge in [0.25, 0.3) is 5.91 Å². The second-order valence-electron chi connectivity index (χ2n) is 6.14. The third kappa shape index (κ3) is 5.02. The minimum absolute atomic E-state index is 0.0624. The van der Waals surface area contributed by atoms with Gasteiger partial charge in [0, 0.05) is 13.1 Å². The monoisotopic (exact) mass is 336 g/mol. The molecule has 2 heterocycles. The Morgan fingerprint density at radius 1 is 1.33 bits per heavy atom. The molecule has 1 fully saturated rings. The van der Waals surface area contributed by atoms with Gasteiger partial charge in [-0.2, -0.15) is 0 Å². The molecule has 2 N–H and O–H groups in total. The van der Waals surface area contributed by atoms with Crippen LogP contribution < -0.4 is 10.6 Å². The molecule has 0 atom stereocenters. The maximum atomic E-state index is 12.7. The maximum Gasteiger partial charge on any atom is 0.276 e. The molecule has 2 amide bonds. The number of nitrogens with one attached hydrogen (secondary N) is 2. The van der Waals surface area contributed by atoms with Gasteiger partial charge in [-0.15, -0.1) is 5.10 Å². The van der Waals surface area contributed by atoms with Gasteiger partial charge in [0.05, 0.1) is 18.8 Å². The second-order valence-corrected chi connectivity index (χ2v) is 6.14. The molecule has 1 aliphatic heterocycles. The molecule has 0 saturated carbocycles. The van der Waals surface area contributed by atoms with Crippen molar-refractivity contribution in [3.63, 3.8) is 0 Å². The van der Waals surface area contributed by atoms with Crippen LogP contribution in [0.5, 0.6) is 0 Å². The van der Waals surface area contributed by atoms with E-state index in [-0.39, 0.29) is 24.4 Å². The van der Waals surface area contributed by atoms with Crippen molar-refractivity contribution in [1.29, 1.82) is 0 Å². The zero-order valence-corrected chi connectivity index (χ0v) is 14.6.